The molecule has 2 aliphatic heterocycles. The molecule has 0 aromatic heterocycles. The topological polar surface area (TPSA) is 27.7 Å². The zero-order valence-corrected chi connectivity index (χ0v) is 10.5. The maximum atomic E-state index is 5.13. The Morgan fingerprint density at radius 2 is 1.81 bits per heavy atom. The molecule has 2 rings (SSSR count). The second-order valence-electron chi connectivity index (χ2n) is 4.85. The summed E-state index contributed by atoms with van der Waals surface area (Å²) in [5, 5.41) is 3.42. The van der Waals surface area contributed by atoms with Gasteiger partial charge in [-0.3, -0.25) is 4.90 Å². The van der Waals surface area contributed by atoms with Gasteiger partial charge in [0.1, 0.15) is 0 Å². The molecule has 2 saturated heterocycles. The molecular weight excluding hydrogens is 202 g/mol. The molecule has 4 nitrogen and oxygen atoms in total. The van der Waals surface area contributed by atoms with Crippen molar-refractivity contribution in [1.82, 2.24) is 15.1 Å². The van der Waals surface area contributed by atoms with E-state index in [0.29, 0.717) is 0 Å². The Morgan fingerprint density at radius 1 is 1.12 bits per heavy atom. The molecule has 0 aliphatic carbocycles. The smallest absolute Gasteiger partial charge is 0.0589 e. The van der Waals surface area contributed by atoms with Gasteiger partial charge in [-0.1, -0.05) is 0 Å². The highest BCUT2D eigenvalue weighted by Gasteiger charge is 2.24. The first-order valence-electron chi connectivity index (χ1n) is 6.56. The van der Waals surface area contributed by atoms with Crippen LogP contribution in [0.2, 0.25) is 0 Å². The SMILES string of the molecule is COCCN1CCC(N2CCNCC2)CC1. The fraction of sp³-hybridized carbons (Fsp3) is 1.00. The van der Waals surface area contributed by atoms with Crippen molar-refractivity contribution in [3.63, 3.8) is 0 Å². The Hall–Kier alpha value is -0.160. The summed E-state index contributed by atoms with van der Waals surface area (Å²) >= 11 is 0. The lowest BCUT2D eigenvalue weighted by Crippen LogP contribution is -2.52. The van der Waals surface area contributed by atoms with Crippen molar-refractivity contribution in [2.45, 2.75) is 18.9 Å². The van der Waals surface area contributed by atoms with Crippen molar-refractivity contribution in [3.8, 4) is 0 Å². The lowest BCUT2D eigenvalue weighted by molar-refractivity contribution is 0.0800. The number of hydrogen-bond donors (Lipinski definition) is 1. The van der Waals surface area contributed by atoms with Crippen molar-refractivity contribution in [2.75, 3.05) is 59.5 Å². The second-order valence-corrected chi connectivity index (χ2v) is 4.85. The molecule has 16 heavy (non-hydrogen) atoms. The third kappa shape index (κ3) is 3.42. The van der Waals surface area contributed by atoms with Gasteiger partial charge < -0.3 is 15.0 Å². The van der Waals surface area contributed by atoms with Gasteiger partial charge in [0.2, 0.25) is 0 Å². The predicted octanol–water partition coefficient (Wildman–Crippen LogP) is 0.00240. The number of likely N-dealkylation sites (tertiary alicyclic amines) is 1. The molecule has 1 N–H and O–H groups in total. The fourth-order valence-electron chi connectivity index (χ4n) is 2.78. The highest BCUT2D eigenvalue weighted by Crippen LogP contribution is 2.16. The van der Waals surface area contributed by atoms with Gasteiger partial charge in [-0.2, -0.15) is 0 Å². The van der Waals surface area contributed by atoms with Crippen LogP contribution in [0.25, 0.3) is 0 Å². The summed E-state index contributed by atoms with van der Waals surface area (Å²) < 4.78 is 5.13. The van der Waals surface area contributed by atoms with Crippen LogP contribution in [0.5, 0.6) is 0 Å². The molecule has 0 amide bonds. The van der Waals surface area contributed by atoms with Gasteiger partial charge in [0.25, 0.3) is 0 Å². The summed E-state index contributed by atoms with van der Waals surface area (Å²) in [6.45, 7) is 9.29. The summed E-state index contributed by atoms with van der Waals surface area (Å²) in [5.41, 5.74) is 0. The van der Waals surface area contributed by atoms with E-state index in [9.17, 15) is 0 Å². The van der Waals surface area contributed by atoms with Crippen LogP contribution in [0, 0.1) is 0 Å². The van der Waals surface area contributed by atoms with Crippen LogP contribution in [0.4, 0.5) is 0 Å². The zero-order chi connectivity index (χ0) is 11.2. The summed E-state index contributed by atoms with van der Waals surface area (Å²) in [6.07, 6.45) is 2.67. The Bertz CT molecular complexity index is 187. The van der Waals surface area contributed by atoms with Crippen LogP contribution in [-0.4, -0.2) is 75.4 Å². The van der Waals surface area contributed by atoms with Crippen LogP contribution in [0.15, 0.2) is 0 Å². The Balaban J connectivity index is 1.67. The van der Waals surface area contributed by atoms with Gasteiger partial charge in [-0.25, -0.2) is 0 Å². The first-order chi connectivity index (χ1) is 7.90. The zero-order valence-electron chi connectivity index (χ0n) is 10.5. The van der Waals surface area contributed by atoms with E-state index >= 15 is 0 Å². The van der Waals surface area contributed by atoms with E-state index in [4.69, 9.17) is 4.74 Å². The van der Waals surface area contributed by atoms with Crippen LogP contribution in [-0.2, 0) is 4.74 Å². The van der Waals surface area contributed by atoms with Crippen LogP contribution in [0.3, 0.4) is 0 Å². The minimum Gasteiger partial charge on any atom is -0.383 e. The molecule has 0 saturated carbocycles. The number of rotatable bonds is 4. The molecule has 94 valence electrons. The van der Waals surface area contributed by atoms with E-state index in [-0.39, 0.29) is 0 Å². The molecule has 2 aliphatic rings. The van der Waals surface area contributed by atoms with Crippen molar-refractivity contribution in [1.29, 1.82) is 0 Å². The van der Waals surface area contributed by atoms with E-state index in [1.165, 1.54) is 52.1 Å². The lowest BCUT2D eigenvalue weighted by atomic mass is 10.0. The van der Waals surface area contributed by atoms with Crippen molar-refractivity contribution in [2.24, 2.45) is 0 Å². The van der Waals surface area contributed by atoms with Crippen LogP contribution in [0.1, 0.15) is 12.8 Å². The third-order valence-corrected chi connectivity index (χ3v) is 3.84. The summed E-state index contributed by atoms with van der Waals surface area (Å²) in [6, 6.07) is 0.834. The first-order valence-corrected chi connectivity index (χ1v) is 6.56. The van der Waals surface area contributed by atoms with Crippen molar-refractivity contribution in [3.05, 3.63) is 0 Å². The van der Waals surface area contributed by atoms with E-state index in [2.05, 4.69) is 15.1 Å². The first kappa shape index (κ1) is 12.3. The molecule has 0 unspecified atom stereocenters. The number of nitrogens with one attached hydrogen (secondary N) is 1. The highest BCUT2D eigenvalue weighted by atomic mass is 16.5. The maximum Gasteiger partial charge on any atom is 0.0589 e. The summed E-state index contributed by atoms with van der Waals surface area (Å²) in [5.74, 6) is 0. The molecule has 0 atom stereocenters. The average Bonchev–Trinajstić information content (AvgIpc) is 2.38. The molecular formula is C12H25N3O. The largest absolute Gasteiger partial charge is 0.383 e. The molecule has 0 aromatic rings. The van der Waals surface area contributed by atoms with Gasteiger partial charge in [-0.05, 0) is 25.9 Å². The van der Waals surface area contributed by atoms with Gasteiger partial charge in [0.05, 0.1) is 6.61 Å². The van der Waals surface area contributed by atoms with E-state index in [0.717, 1.165) is 19.2 Å². The molecule has 0 radical (unpaired) electrons. The molecule has 0 aromatic carbocycles. The van der Waals surface area contributed by atoms with Crippen LogP contribution >= 0.6 is 0 Å². The lowest BCUT2D eigenvalue weighted by Gasteiger charge is -2.40. The van der Waals surface area contributed by atoms with Crippen LogP contribution < -0.4 is 5.32 Å². The maximum absolute atomic E-state index is 5.13. The molecule has 4 heteroatoms. The number of nitrogens with zero attached hydrogens (tertiary/aromatic N) is 2. The van der Waals surface area contributed by atoms with E-state index < -0.39 is 0 Å². The van der Waals surface area contributed by atoms with E-state index in [1.54, 1.807) is 7.11 Å². The normalized spacial score (nSPS) is 26.1. The van der Waals surface area contributed by atoms with Gasteiger partial charge >= 0.3 is 0 Å². The standard InChI is InChI=1S/C12H25N3O/c1-16-11-10-14-6-2-12(3-7-14)15-8-4-13-5-9-15/h12-13H,2-11H2,1H3. The quantitative estimate of drug-likeness (QED) is 0.732. The summed E-state index contributed by atoms with van der Waals surface area (Å²) in [7, 11) is 1.79. The Labute approximate surface area is 98.9 Å². The number of ether oxygens (including phenoxy) is 1. The Morgan fingerprint density at radius 3 is 2.44 bits per heavy atom. The number of piperidine rings is 1. The monoisotopic (exact) mass is 227 g/mol. The Kier molecular flexibility index (Phi) is 5.03. The van der Waals surface area contributed by atoms with E-state index in [1.807, 2.05) is 0 Å². The molecule has 0 bridgehead atoms. The molecule has 0 spiro atoms. The summed E-state index contributed by atoms with van der Waals surface area (Å²) in [4.78, 5) is 5.20. The second kappa shape index (κ2) is 6.55. The number of hydrogen-bond acceptors (Lipinski definition) is 4. The number of methoxy groups -OCH3 is 1. The van der Waals surface area contributed by atoms with Crippen molar-refractivity contribution < 1.29 is 4.74 Å². The highest BCUT2D eigenvalue weighted by molar-refractivity contribution is 4.82. The predicted molar refractivity (Wildman–Crippen MR) is 65.8 cm³/mol. The van der Waals surface area contributed by atoms with Gasteiger partial charge in [-0.15, -0.1) is 0 Å². The fourth-order valence-corrected chi connectivity index (χ4v) is 2.78. The minimum absolute atomic E-state index is 0.834. The van der Waals surface area contributed by atoms with Crippen molar-refractivity contribution >= 4 is 0 Å². The third-order valence-electron chi connectivity index (χ3n) is 3.84. The minimum atomic E-state index is 0.834. The number of piperazine rings is 1. The average molecular weight is 227 g/mol. The van der Waals surface area contributed by atoms with Gasteiger partial charge in [0.15, 0.2) is 0 Å². The molecule has 2 fully saturated rings. The molecule has 2 heterocycles. The van der Waals surface area contributed by atoms with Gasteiger partial charge in [0, 0.05) is 45.9 Å².